The number of ether oxygens (including phenoxy) is 3. The molecule has 0 unspecified atom stereocenters. The van der Waals surface area contributed by atoms with Crippen LogP contribution in [0.2, 0.25) is 0 Å². The lowest BCUT2D eigenvalue weighted by Crippen LogP contribution is -2.55. The molecule has 0 bridgehead atoms. The topological polar surface area (TPSA) is 91.9 Å². The van der Waals surface area contributed by atoms with Crippen LogP contribution in [0.25, 0.3) is 0 Å². The second-order valence-corrected chi connectivity index (χ2v) is 13.2. The van der Waals surface area contributed by atoms with Crippen molar-refractivity contribution in [1.29, 1.82) is 0 Å². The van der Waals surface area contributed by atoms with Gasteiger partial charge in [-0.2, -0.15) is 4.31 Å². The van der Waals surface area contributed by atoms with E-state index in [0.717, 1.165) is 39.0 Å². The van der Waals surface area contributed by atoms with Gasteiger partial charge in [0.05, 0.1) is 37.9 Å². The molecule has 1 amide bonds. The molecule has 10 nitrogen and oxygen atoms in total. The van der Waals surface area contributed by atoms with Crippen molar-refractivity contribution in [2.45, 2.75) is 43.7 Å². The summed E-state index contributed by atoms with van der Waals surface area (Å²) in [4.78, 5) is 20.1. The Balaban J connectivity index is 1.09. The molecule has 3 fully saturated rings. The Bertz CT molecular complexity index is 1280. The summed E-state index contributed by atoms with van der Waals surface area (Å²) in [6, 6.07) is 14.1. The van der Waals surface area contributed by atoms with Gasteiger partial charge in [-0.15, -0.1) is 0 Å². The van der Waals surface area contributed by atoms with E-state index in [2.05, 4.69) is 40.1 Å². The first-order valence-electron chi connectivity index (χ1n) is 14.9. The molecule has 3 heterocycles. The number of sulfonamides is 1. The van der Waals surface area contributed by atoms with Gasteiger partial charge < -0.3 is 24.0 Å². The minimum Gasteiger partial charge on any atom is -0.497 e. The highest BCUT2D eigenvalue weighted by Gasteiger charge is 2.36. The average Bonchev–Trinajstić information content (AvgIpc) is 3.01. The van der Waals surface area contributed by atoms with Crippen molar-refractivity contribution >= 4 is 21.6 Å². The number of benzene rings is 2. The van der Waals surface area contributed by atoms with Crippen LogP contribution in [0, 0.1) is 13.8 Å². The third-order valence-corrected chi connectivity index (χ3v) is 11.0. The van der Waals surface area contributed by atoms with E-state index in [0.29, 0.717) is 42.6 Å². The molecule has 1 atom stereocenters. The molecule has 0 N–H and O–H groups in total. The lowest BCUT2D eigenvalue weighted by atomic mass is 10.0. The number of anilines is 1. The van der Waals surface area contributed by atoms with Gasteiger partial charge in [0.2, 0.25) is 15.9 Å². The highest BCUT2D eigenvalue weighted by molar-refractivity contribution is 7.89. The second-order valence-electron chi connectivity index (χ2n) is 11.4. The summed E-state index contributed by atoms with van der Waals surface area (Å²) in [5.74, 6) is 0.570. The Morgan fingerprint density at radius 3 is 2.26 bits per heavy atom. The first kappa shape index (κ1) is 30.7. The zero-order valence-corrected chi connectivity index (χ0v) is 25.9. The number of para-hydroxylation sites is 1. The second kappa shape index (κ2) is 13.7. The SMILES string of the molecule is COc1cc(C)c(S(=O)(=O)N2CCOC[C@H]2COCC(=O)N2CCN(C3CCN(c4ccccc4)CC3)CC2)c(C)c1. The van der Waals surface area contributed by atoms with Crippen LogP contribution in [0.15, 0.2) is 47.4 Å². The molecule has 42 heavy (non-hydrogen) atoms. The highest BCUT2D eigenvalue weighted by atomic mass is 32.2. The van der Waals surface area contributed by atoms with Crippen LogP contribution in [-0.4, -0.2) is 120 Å². The van der Waals surface area contributed by atoms with Crippen LogP contribution >= 0.6 is 0 Å². The number of methoxy groups -OCH3 is 1. The van der Waals surface area contributed by atoms with Crippen LogP contribution in [-0.2, 0) is 24.3 Å². The fourth-order valence-corrected chi connectivity index (χ4v) is 8.47. The molecule has 230 valence electrons. The smallest absolute Gasteiger partial charge is 0.248 e. The van der Waals surface area contributed by atoms with Crippen molar-refractivity contribution in [2.75, 3.05) is 84.3 Å². The van der Waals surface area contributed by atoms with Crippen molar-refractivity contribution in [3.05, 3.63) is 53.6 Å². The number of piperidine rings is 1. The number of amides is 1. The summed E-state index contributed by atoms with van der Waals surface area (Å²) in [6.07, 6.45) is 2.26. The molecule has 2 aromatic carbocycles. The Labute approximate surface area is 250 Å². The van der Waals surface area contributed by atoms with Gasteiger partial charge in [0, 0.05) is 57.5 Å². The molecule has 0 aliphatic carbocycles. The first-order valence-corrected chi connectivity index (χ1v) is 16.4. The highest BCUT2D eigenvalue weighted by Crippen LogP contribution is 2.30. The Kier molecular flexibility index (Phi) is 10.1. The maximum absolute atomic E-state index is 13.7. The van der Waals surface area contributed by atoms with E-state index >= 15 is 0 Å². The summed E-state index contributed by atoms with van der Waals surface area (Å²) in [7, 11) is -2.23. The number of aryl methyl sites for hydroxylation is 2. The fraction of sp³-hybridized carbons (Fsp3) is 0.581. The number of piperazine rings is 1. The minimum absolute atomic E-state index is 0.0541. The van der Waals surface area contributed by atoms with Gasteiger partial charge in [0.1, 0.15) is 12.4 Å². The van der Waals surface area contributed by atoms with E-state index in [9.17, 15) is 13.2 Å². The normalized spacial score (nSPS) is 21.5. The maximum Gasteiger partial charge on any atom is 0.248 e. The van der Waals surface area contributed by atoms with Crippen molar-refractivity contribution in [2.24, 2.45) is 0 Å². The van der Waals surface area contributed by atoms with Gasteiger partial charge >= 0.3 is 0 Å². The number of carbonyl (C=O) groups excluding carboxylic acids is 1. The van der Waals surface area contributed by atoms with E-state index < -0.39 is 16.1 Å². The van der Waals surface area contributed by atoms with E-state index in [4.69, 9.17) is 14.2 Å². The average molecular weight is 601 g/mol. The van der Waals surface area contributed by atoms with Gasteiger partial charge in [-0.05, 0) is 62.1 Å². The molecule has 3 aliphatic rings. The number of morpholine rings is 1. The summed E-state index contributed by atoms with van der Waals surface area (Å²) in [5.41, 5.74) is 2.56. The Morgan fingerprint density at radius 1 is 0.952 bits per heavy atom. The summed E-state index contributed by atoms with van der Waals surface area (Å²) >= 11 is 0. The van der Waals surface area contributed by atoms with Crippen LogP contribution < -0.4 is 9.64 Å². The van der Waals surface area contributed by atoms with Gasteiger partial charge in [-0.1, -0.05) is 18.2 Å². The van der Waals surface area contributed by atoms with Crippen molar-refractivity contribution < 1.29 is 27.4 Å². The van der Waals surface area contributed by atoms with E-state index in [1.807, 2.05) is 4.90 Å². The molecule has 11 heteroatoms. The monoisotopic (exact) mass is 600 g/mol. The summed E-state index contributed by atoms with van der Waals surface area (Å²) < 4.78 is 45.7. The summed E-state index contributed by atoms with van der Waals surface area (Å²) in [5, 5.41) is 0. The van der Waals surface area contributed by atoms with E-state index in [1.165, 1.54) is 9.99 Å². The number of nitrogens with zero attached hydrogens (tertiary/aromatic N) is 4. The Morgan fingerprint density at radius 2 is 1.62 bits per heavy atom. The van der Waals surface area contributed by atoms with Crippen molar-refractivity contribution in [1.82, 2.24) is 14.1 Å². The lowest BCUT2D eigenvalue weighted by Gasteiger charge is -2.43. The molecule has 0 radical (unpaired) electrons. The molecule has 0 saturated carbocycles. The van der Waals surface area contributed by atoms with Crippen LogP contribution in [0.4, 0.5) is 5.69 Å². The van der Waals surface area contributed by atoms with E-state index in [1.54, 1.807) is 33.1 Å². The van der Waals surface area contributed by atoms with Crippen molar-refractivity contribution in [3.8, 4) is 5.75 Å². The van der Waals surface area contributed by atoms with Gasteiger partial charge in [0.15, 0.2) is 0 Å². The molecular formula is C31H44N4O6S. The molecule has 2 aromatic rings. The predicted octanol–water partition coefficient (Wildman–Crippen LogP) is 2.53. The number of carbonyl (C=O) groups is 1. The fourth-order valence-electron chi connectivity index (χ4n) is 6.48. The third-order valence-electron chi connectivity index (χ3n) is 8.71. The minimum atomic E-state index is -3.79. The zero-order chi connectivity index (χ0) is 29.7. The molecule has 5 rings (SSSR count). The predicted molar refractivity (Wildman–Crippen MR) is 162 cm³/mol. The van der Waals surface area contributed by atoms with Gasteiger partial charge in [-0.3, -0.25) is 9.69 Å². The number of hydrogen-bond donors (Lipinski definition) is 0. The molecule has 3 aliphatic heterocycles. The van der Waals surface area contributed by atoms with Crippen LogP contribution in [0.1, 0.15) is 24.0 Å². The number of hydrogen-bond acceptors (Lipinski definition) is 8. The van der Waals surface area contributed by atoms with E-state index in [-0.39, 0.29) is 37.2 Å². The maximum atomic E-state index is 13.7. The van der Waals surface area contributed by atoms with Crippen molar-refractivity contribution in [3.63, 3.8) is 0 Å². The Hall–Kier alpha value is -2.70. The van der Waals surface area contributed by atoms with Gasteiger partial charge in [-0.25, -0.2) is 8.42 Å². The summed E-state index contributed by atoms with van der Waals surface area (Å²) in [6.45, 7) is 9.57. The first-order chi connectivity index (χ1) is 20.3. The number of rotatable bonds is 9. The quantitative estimate of drug-likeness (QED) is 0.434. The van der Waals surface area contributed by atoms with Crippen LogP contribution in [0.5, 0.6) is 5.75 Å². The molecular weight excluding hydrogens is 556 g/mol. The molecule has 0 spiro atoms. The lowest BCUT2D eigenvalue weighted by molar-refractivity contribution is -0.139. The van der Waals surface area contributed by atoms with Crippen LogP contribution in [0.3, 0.4) is 0 Å². The molecule has 3 saturated heterocycles. The third kappa shape index (κ3) is 6.92. The zero-order valence-electron chi connectivity index (χ0n) is 25.0. The van der Waals surface area contributed by atoms with Gasteiger partial charge in [0.25, 0.3) is 0 Å². The largest absolute Gasteiger partial charge is 0.497 e. The molecule has 0 aromatic heterocycles. The standard InChI is InChI=1S/C31H44N4O6S/c1-24-19-29(39-3)20-25(2)31(24)42(37,38)35-17-18-40-21-28(35)22-41-23-30(36)34-15-13-33(14-16-34)27-9-11-32(12-10-27)26-7-5-4-6-8-26/h4-8,19-20,27-28H,9-18,21-23H2,1-3H3/t28-/m0/s1.